The number of pyridine rings is 1. The van der Waals surface area contributed by atoms with E-state index < -0.39 is 46.6 Å². The number of halogens is 10. The van der Waals surface area contributed by atoms with Crippen molar-refractivity contribution in [3.63, 3.8) is 0 Å². The predicted molar refractivity (Wildman–Crippen MR) is 294 cm³/mol. The lowest BCUT2D eigenvalue weighted by atomic mass is 9.95. The molecular formula is C65H36F10N6. The van der Waals surface area contributed by atoms with Crippen LogP contribution in [0.2, 0.25) is 0 Å². The van der Waals surface area contributed by atoms with E-state index in [1.165, 1.54) is 6.07 Å². The fourth-order valence-electron chi connectivity index (χ4n) is 10.8. The number of hydrogen-bond acceptors (Lipinski definition) is 4. The lowest BCUT2D eigenvalue weighted by Crippen LogP contribution is -2.12. The average Bonchev–Trinajstić information content (AvgIpc) is 4.20. The molecule has 6 nitrogen and oxygen atoms in total. The van der Waals surface area contributed by atoms with Gasteiger partial charge >= 0.3 is 18.5 Å². The molecule has 0 aliphatic rings. The number of benzene rings is 9. The van der Waals surface area contributed by atoms with Crippen molar-refractivity contribution >= 4 is 43.6 Å². The monoisotopic (exact) mass is 1090 g/mol. The maximum atomic E-state index is 14.6. The molecule has 13 aromatic rings. The summed E-state index contributed by atoms with van der Waals surface area (Å²) in [5, 5.41) is 2.49. The summed E-state index contributed by atoms with van der Waals surface area (Å²) in [4.78, 5) is 19.8. The van der Waals surface area contributed by atoms with Crippen molar-refractivity contribution in [2.45, 2.75) is 18.5 Å². The molecule has 0 saturated carbocycles. The Morgan fingerprint density at radius 2 is 0.827 bits per heavy atom. The first kappa shape index (κ1) is 50.5. The van der Waals surface area contributed by atoms with Gasteiger partial charge in [0.05, 0.1) is 44.4 Å². The number of para-hydroxylation sites is 2. The molecule has 0 amide bonds. The van der Waals surface area contributed by atoms with Gasteiger partial charge in [0, 0.05) is 61.9 Å². The smallest absolute Gasteiger partial charge is 0.309 e. The minimum atomic E-state index is -5.11. The zero-order chi connectivity index (χ0) is 56.0. The van der Waals surface area contributed by atoms with Crippen LogP contribution in [0.3, 0.4) is 0 Å². The second-order valence-electron chi connectivity index (χ2n) is 19.3. The van der Waals surface area contributed by atoms with Gasteiger partial charge < -0.3 is 9.13 Å². The number of nitrogens with zero attached hydrogens (tertiary/aromatic N) is 6. The fraction of sp³-hybridized carbons (Fsp3) is 0.0462. The van der Waals surface area contributed by atoms with Crippen molar-refractivity contribution in [3.05, 3.63) is 241 Å². The van der Waals surface area contributed by atoms with Crippen LogP contribution in [0.4, 0.5) is 43.9 Å². The molecular weight excluding hydrogens is 1050 g/mol. The standard InChI is InChI=1S/C65H36F10N6/c66-42-22-25-45(54(34-42)65(73,74)75)40-20-28-58-51(32-40)47-16-8-10-18-56(47)81(58)59-29-30-76-36-52(59)49-35-43(23-26-48(49)62-78-60(37-11-3-1-4-12-37)77-61(79-62)38-13-5-2-6-14-38)80-55-17-9-7-15-46(55)50-31-39(19-27-57(50)80)44-24-21-41(63(67,68)69)33-53(44)64(70,71)72/h1-36H. The highest BCUT2D eigenvalue weighted by Gasteiger charge is 2.39. The SMILES string of the molecule is Fc1ccc(-c2ccc3c(c2)c2ccccc2n3-c2ccncc2-c2cc(-n3c4ccccc4c4cc(-c5ccc(C(F)(F)F)cc5C(F)(F)F)ccc43)ccc2-c2nc(-c3ccccc3)nc(-c3ccccc3)n2)c(C(F)(F)F)c1. The largest absolute Gasteiger partial charge is 0.417 e. The van der Waals surface area contributed by atoms with Crippen molar-refractivity contribution in [3.8, 4) is 78.9 Å². The minimum absolute atomic E-state index is 0.0533. The summed E-state index contributed by atoms with van der Waals surface area (Å²) in [6.07, 6.45) is -11.7. The summed E-state index contributed by atoms with van der Waals surface area (Å²) >= 11 is 0. The number of rotatable bonds is 8. The quantitative estimate of drug-likeness (QED) is 0.142. The Balaban J connectivity index is 1.06. The van der Waals surface area contributed by atoms with Crippen LogP contribution in [-0.4, -0.2) is 29.1 Å². The lowest BCUT2D eigenvalue weighted by molar-refractivity contribution is -0.143. The van der Waals surface area contributed by atoms with E-state index in [1.54, 1.807) is 48.8 Å². The van der Waals surface area contributed by atoms with Gasteiger partial charge in [-0.2, -0.15) is 39.5 Å². The van der Waals surface area contributed by atoms with Gasteiger partial charge in [-0.05, 0) is 113 Å². The molecule has 0 radical (unpaired) electrons. The van der Waals surface area contributed by atoms with Crippen LogP contribution in [0.25, 0.3) is 123 Å². The zero-order valence-corrected chi connectivity index (χ0v) is 41.7. The number of alkyl halides is 9. The summed E-state index contributed by atoms with van der Waals surface area (Å²) in [6, 6.07) is 54.9. The van der Waals surface area contributed by atoms with Gasteiger partial charge in [0.25, 0.3) is 0 Å². The van der Waals surface area contributed by atoms with Gasteiger partial charge in [-0.15, -0.1) is 0 Å². The van der Waals surface area contributed by atoms with E-state index in [1.807, 2.05) is 137 Å². The molecule has 0 bridgehead atoms. The molecule has 0 fully saturated rings. The first-order chi connectivity index (χ1) is 39.0. The third kappa shape index (κ3) is 8.98. The molecule has 9 aromatic carbocycles. The molecule has 13 rings (SSSR count). The highest BCUT2D eigenvalue weighted by atomic mass is 19.4. The molecule has 0 aliphatic carbocycles. The van der Waals surface area contributed by atoms with Gasteiger partial charge in [-0.1, -0.05) is 121 Å². The van der Waals surface area contributed by atoms with Crippen LogP contribution in [0.5, 0.6) is 0 Å². The summed E-state index contributed by atoms with van der Waals surface area (Å²) in [7, 11) is 0. The third-order valence-electron chi connectivity index (χ3n) is 14.4. The minimum Gasteiger partial charge on any atom is -0.309 e. The number of aromatic nitrogens is 6. The fourth-order valence-corrected chi connectivity index (χ4v) is 10.8. The molecule has 0 saturated heterocycles. The molecule has 16 heteroatoms. The van der Waals surface area contributed by atoms with Crippen molar-refractivity contribution in [2.24, 2.45) is 0 Å². The van der Waals surface area contributed by atoms with E-state index in [4.69, 9.17) is 15.0 Å². The summed E-state index contributed by atoms with van der Waals surface area (Å²) < 4.78 is 147. The molecule has 0 N–H and O–H groups in total. The van der Waals surface area contributed by atoms with Gasteiger partial charge in [0.2, 0.25) is 0 Å². The maximum Gasteiger partial charge on any atom is 0.417 e. The predicted octanol–water partition coefficient (Wildman–Crippen LogP) is 18.7. The van der Waals surface area contributed by atoms with Crippen molar-refractivity contribution in [1.29, 1.82) is 0 Å². The second-order valence-corrected chi connectivity index (χ2v) is 19.3. The summed E-state index contributed by atoms with van der Waals surface area (Å²) in [5.41, 5.74) is 2.52. The normalized spacial score (nSPS) is 12.3. The topological polar surface area (TPSA) is 61.4 Å². The van der Waals surface area contributed by atoms with Gasteiger partial charge in [-0.25, -0.2) is 19.3 Å². The maximum absolute atomic E-state index is 14.6. The third-order valence-corrected chi connectivity index (χ3v) is 14.4. The van der Waals surface area contributed by atoms with Crippen LogP contribution < -0.4 is 0 Å². The van der Waals surface area contributed by atoms with Crippen LogP contribution in [0.15, 0.2) is 219 Å². The molecule has 0 spiro atoms. The van der Waals surface area contributed by atoms with Crippen molar-refractivity contribution in [2.75, 3.05) is 0 Å². The van der Waals surface area contributed by atoms with Gasteiger partial charge in [0.15, 0.2) is 17.5 Å². The van der Waals surface area contributed by atoms with Crippen LogP contribution in [0, 0.1) is 5.82 Å². The number of fused-ring (bicyclic) bond motifs is 6. The van der Waals surface area contributed by atoms with Crippen molar-refractivity contribution < 1.29 is 43.9 Å². The Morgan fingerprint density at radius 1 is 0.333 bits per heavy atom. The van der Waals surface area contributed by atoms with Crippen LogP contribution in [0.1, 0.15) is 16.7 Å². The molecule has 4 aromatic heterocycles. The molecule has 0 aliphatic heterocycles. The summed E-state index contributed by atoms with van der Waals surface area (Å²) in [6.45, 7) is 0. The van der Waals surface area contributed by atoms with E-state index in [9.17, 15) is 43.9 Å². The molecule has 396 valence electrons. The van der Waals surface area contributed by atoms with Crippen LogP contribution >= 0.6 is 0 Å². The molecule has 81 heavy (non-hydrogen) atoms. The Bertz CT molecular complexity index is 4560. The van der Waals surface area contributed by atoms with Crippen molar-refractivity contribution in [1.82, 2.24) is 29.1 Å². The second kappa shape index (κ2) is 19.1. The Labute approximate surface area is 453 Å². The van der Waals surface area contributed by atoms with Crippen LogP contribution in [-0.2, 0) is 18.5 Å². The Kier molecular flexibility index (Phi) is 11.9. The lowest BCUT2D eigenvalue weighted by Gasteiger charge is -2.19. The van der Waals surface area contributed by atoms with E-state index in [2.05, 4.69) is 4.98 Å². The molecule has 0 atom stereocenters. The zero-order valence-electron chi connectivity index (χ0n) is 41.7. The first-order valence-electron chi connectivity index (χ1n) is 25.2. The van der Waals surface area contributed by atoms with E-state index >= 15 is 0 Å². The average molecular weight is 1090 g/mol. The van der Waals surface area contributed by atoms with E-state index in [0.717, 1.165) is 29.3 Å². The Hall–Kier alpha value is -9.96. The van der Waals surface area contributed by atoms with E-state index in [-0.39, 0.29) is 28.6 Å². The Morgan fingerprint density at radius 3 is 1.41 bits per heavy atom. The molecule has 0 unspecified atom stereocenters. The van der Waals surface area contributed by atoms with E-state index in [0.29, 0.717) is 95.5 Å². The number of hydrogen-bond donors (Lipinski definition) is 0. The summed E-state index contributed by atoms with van der Waals surface area (Å²) in [5.74, 6) is 0.0337. The molecule has 4 heterocycles. The highest BCUT2D eigenvalue weighted by Crippen LogP contribution is 2.46. The van der Waals surface area contributed by atoms with Gasteiger partial charge in [-0.3, -0.25) is 4.98 Å². The first-order valence-corrected chi connectivity index (χ1v) is 25.2. The van der Waals surface area contributed by atoms with Gasteiger partial charge in [0.1, 0.15) is 5.82 Å². The highest BCUT2D eigenvalue weighted by molar-refractivity contribution is 6.12.